The number of allylic oxidation sites excluding steroid dienone is 1. The Morgan fingerprint density at radius 2 is 2.00 bits per heavy atom. The first-order valence-corrected chi connectivity index (χ1v) is 7.76. The zero-order valence-corrected chi connectivity index (χ0v) is 12.2. The molecule has 1 aliphatic heterocycles. The SMILES string of the molecule is O=C(Nc1ccccc1N1CCC(O)CC1)C1=CCCC1. The Kier molecular flexibility index (Phi) is 4.25. The number of anilines is 2. The lowest BCUT2D eigenvalue weighted by molar-refractivity contribution is -0.112. The van der Waals surface area contributed by atoms with Gasteiger partial charge in [0.05, 0.1) is 17.5 Å². The van der Waals surface area contributed by atoms with Crippen molar-refractivity contribution in [3.8, 4) is 0 Å². The van der Waals surface area contributed by atoms with Crippen molar-refractivity contribution < 1.29 is 9.90 Å². The maximum absolute atomic E-state index is 12.3. The number of carbonyl (C=O) groups excluding carboxylic acids is 1. The first kappa shape index (κ1) is 14.1. The minimum absolute atomic E-state index is 0.0250. The molecule has 0 saturated carbocycles. The number of hydrogen-bond acceptors (Lipinski definition) is 3. The fourth-order valence-electron chi connectivity index (χ4n) is 3.04. The zero-order valence-electron chi connectivity index (χ0n) is 12.2. The monoisotopic (exact) mass is 286 g/mol. The van der Waals surface area contributed by atoms with Crippen LogP contribution in [0.15, 0.2) is 35.9 Å². The molecule has 4 nitrogen and oxygen atoms in total. The van der Waals surface area contributed by atoms with Crippen molar-refractivity contribution in [2.75, 3.05) is 23.3 Å². The van der Waals surface area contributed by atoms with Gasteiger partial charge < -0.3 is 15.3 Å². The van der Waals surface area contributed by atoms with Crippen molar-refractivity contribution >= 4 is 17.3 Å². The van der Waals surface area contributed by atoms with E-state index in [1.807, 2.05) is 30.3 Å². The molecular formula is C17H22N2O2. The van der Waals surface area contributed by atoms with Crippen LogP contribution in [0.2, 0.25) is 0 Å². The quantitative estimate of drug-likeness (QED) is 0.898. The molecule has 112 valence electrons. The van der Waals surface area contributed by atoms with Gasteiger partial charge in [-0.25, -0.2) is 0 Å². The van der Waals surface area contributed by atoms with Gasteiger partial charge in [-0.15, -0.1) is 0 Å². The highest BCUT2D eigenvalue weighted by molar-refractivity contribution is 6.05. The van der Waals surface area contributed by atoms with E-state index in [0.717, 1.165) is 62.1 Å². The van der Waals surface area contributed by atoms with Crippen LogP contribution in [0, 0.1) is 0 Å². The average Bonchev–Trinajstić information content (AvgIpc) is 3.03. The maximum atomic E-state index is 12.3. The second kappa shape index (κ2) is 6.31. The van der Waals surface area contributed by atoms with E-state index in [1.54, 1.807) is 0 Å². The molecule has 0 bridgehead atoms. The predicted octanol–water partition coefficient (Wildman–Crippen LogP) is 2.70. The normalized spacial score (nSPS) is 19.5. The summed E-state index contributed by atoms with van der Waals surface area (Å²) in [6.07, 6.45) is 6.38. The number of benzene rings is 1. The maximum Gasteiger partial charge on any atom is 0.251 e. The van der Waals surface area contributed by atoms with E-state index in [9.17, 15) is 9.90 Å². The second-order valence-electron chi connectivity index (χ2n) is 5.81. The standard InChI is InChI=1S/C17H22N2O2/c20-14-9-11-19(12-10-14)16-8-4-3-7-15(16)18-17(21)13-5-1-2-6-13/h3-5,7-8,14,20H,1-2,6,9-12H2,(H,18,21). The molecule has 0 radical (unpaired) electrons. The Morgan fingerprint density at radius 3 is 2.71 bits per heavy atom. The summed E-state index contributed by atoms with van der Waals surface area (Å²) in [7, 11) is 0. The van der Waals surface area contributed by atoms with Crippen LogP contribution >= 0.6 is 0 Å². The van der Waals surface area contributed by atoms with Gasteiger partial charge in [-0.3, -0.25) is 4.79 Å². The number of hydrogen-bond donors (Lipinski definition) is 2. The van der Waals surface area contributed by atoms with E-state index >= 15 is 0 Å². The summed E-state index contributed by atoms with van der Waals surface area (Å²) in [5.74, 6) is 0.0250. The van der Waals surface area contributed by atoms with Crippen molar-refractivity contribution in [3.63, 3.8) is 0 Å². The van der Waals surface area contributed by atoms with E-state index in [0.29, 0.717) is 0 Å². The number of amides is 1. The third-order valence-electron chi connectivity index (χ3n) is 4.29. The summed E-state index contributed by atoms with van der Waals surface area (Å²) in [6.45, 7) is 1.66. The number of nitrogens with zero attached hydrogens (tertiary/aromatic N) is 1. The summed E-state index contributed by atoms with van der Waals surface area (Å²) in [5, 5.41) is 12.7. The number of aliphatic hydroxyl groups is 1. The van der Waals surface area contributed by atoms with Crippen molar-refractivity contribution in [1.29, 1.82) is 0 Å². The molecule has 1 heterocycles. The molecule has 1 aromatic rings. The van der Waals surface area contributed by atoms with Gasteiger partial charge in [-0.2, -0.15) is 0 Å². The summed E-state index contributed by atoms with van der Waals surface area (Å²) in [6, 6.07) is 7.93. The molecule has 21 heavy (non-hydrogen) atoms. The molecule has 3 rings (SSSR count). The topological polar surface area (TPSA) is 52.6 Å². The fraction of sp³-hybridized carbons (Fsp3) is 0.471. The molecule has 1 saturated heterocycles. The van der Waals surface area contributed by atoms with Gasteiger partial charge in [0.1, 0.15) is 0 Å². The molecule has 2 aliphatic rings. The number of para-hydroxylation sites is 2. The number of piperidine rings is 1. The van der Waals surface area contributed by atoms with Crippen LogP contribution in [-0.2, 0) is 4.79 Å². The third-order valence-corrected chi connectivity index (χ3v) is 4.29. The van der Waals surface area contributed by atoms with E-state index in [2.05, 4.69) is 10.2 Å². The van der Waals surface area contributed by atoms with Crippen LogP contribution < -0.4 is 10.2 Å². The van der Waals surface area contributed by atoms with Gasteiger partial charge in [0, 0.05) is 18.7 Å². The first-order chi connectivity index (χ1) is 10.2. The average molecular weight is 286 g/mol. The van der Waals surface area contributed by atoms with Crippen LogP contribution in [0.4, 0.5) is 11.4 Å². The van der Waals surface area contributed by atoms with Gasteiger partial charge in [0.25, 0.3) is 5.91 Å². The molecule has 4 heteroatoms. The number of rotatable bonds is 3. The van der Waals surface area contributed by atoms with E-state index < -0.39 is 0 Å². The fourth-order valence-corrected chi connectivity index (χ4v) is 3.04. The van der Waals surface area contributed by atoms with Crippen LogP contribution in [0.3, 0.4) is 0 Å². The summed E-state index contributed by atoms with van der Waals surface area (Å²) in [5.41, 5.74) is 2.82. The zero-order chi connectivity index (χ0) is 14.7. The number of nitrogens with one attached hydrogen (secondary N) is 1. The molecule has 0 unspecified atom stereocenters. The van der Waals surface area contributed by atoms with Gasteiger partial charge in [0.2, 0.25) is 0 Å². The summed E-state index contributed by atoms with van der Waals surface area (Å²) < 4.78 is 0. The van der Waals surface area contributed by atoms with Crippen LogP contribution in [0.25, 0.3) is 0 Å². The van der Waals surface area contributed by atoms with Crippen LogP contribution in [-0.4, -0.2) is 30.2 Å². The van der Waals surface area contributed by atoms with E-state index in [1.165, 1.54) is 0 Å². The molecule has 1 aromatic carbocycles. The van der Waals surface area contributed by atoms with Gasteiger partial charge in [-0.05, 0) is 44.2 Å². The number of carbonyl (C=O) groups is 1. The van der Waals surface area contributed by atoms with Crippen molar-refractivity contribution in [1.82, 2.24) is 0 Å². The third kappa shape index (κ3) is 3.27. The predicted molar refractivity (Wildman–Crippen MR) is 84.5 cm³/mol. The van der Waals surface area contributed by atoms with Gasteiger partial charge in [-0.1, -0.05) is 18.2 Å². The molecule has 1 amide bonds. The highest BCUT2D eigenvalue weighted by atomic mass is 16.3. The minimum atomic E-state index is -0.188. The lowest BCUT2D eigenvalue weighted by atomic mass is 10.1. The highest BCUT2D eigenvalue weighted by Gasteiger charge is 2.20. The second-order valence-corrected chi connectivity index (χ2v) is 5.81. The van der Waals surface area contributed by atoms with Crippen molar-refractivity contribution in [2.24, 2.45) is 0 Å². The van der Waals surface area contributed by atoms with E-state index in [4.69, 9.17) is 0 Å². The van der Waals surface area contributed by atoms with Crippen molar-refractivity contribution in [2.45, 2.75) is 38.2 Å². The van der Waals surface area contributed by atoms with Gasteiger partial charge >= 0.3 is 0 Å². The lowest BCUT2D eigenvalue weighted by Gasteiger charge is -2.32. The smallest absolute Gasteiger partial charge is 0.251 e. The summed E-state index contributed by atoms with van der Waals surface area (Å²) in [4.78, 5) is 14.5. The lowest BCUT2D eigenvalue weighted by Crippen LogP contribution is -2.36. The van der Waals surface area contributed by atoms with E-state index in [-0.39, 0.29) is 12.0 Å². The molecule has 2 N–H and O–H groups in total. The van der Waals surface area contributed by atoms with Crippen LogP contribution in [0.1, 0.15) is 32.1 Å². The molecule has 1 aliphatic carbocycles. The molecular weight excluding hydrogens is 264 g/mol. The van der Waals surface area contributed by atoms with Crippen LogP contribution in [0.5, 0.6) is 0 Å². The largest absolute Gasteiger partial charge is 0.393 e. The highest BCUT2D eigenvalue weighted by Crippen LogP contribution is 2.29. The van der Waals surface area contributed by atoms with Gasteiger partial charge in [0.15, 0.2) is 0 Å². The Labute approximate surface area is 125 Å². The Morgan fingerprint density at radius 1 is 1.24 bits per heavy atom. The van der Waals surface area contributed by atoms with Crippen molar-refractivity contribution in [3.05, 3.63) is 35.9 Å². The Balaban J connectivity index is 1.74. The molecule has 0 spiro atoms. The molecule has 1 fully saturated rings. The number of aliphatic hydroxyl groups excluding tert-OH is 1. The minimum Gasteiger partial charge on any atom is -0.393 e. The molecule has 0 atom stereocenters. The Hall–Kier alpha value is -1.81. The molecule has 0 aromatic heterocycles. The Bertz CT molecular complexity index is 545. The summed E-state index contributed by atoms with van der Waals surface area (Å²) >= 11 is 0. The first-order valence-electron chi connectivity index (χ1n) is 7.76.